The fourth-order valence-corrected chi connectivity index (χ4v) is 4.87. The van der Waals surface area contributed by atoms with Gasteiger partial charge in [0.05, 0.1) is 25.3 Å². The first-order valence-corrected chi connectivity index (χ1v) is 11.4. The molecule has 0 saturated carbocycles. The smallest absolute Gasteiger partial charge is 0.237 e. The number of nitrogens with zero attached hydrogens (tertiary/aromatic N) is 2. The maximum atomic E-state index is 13.3. The van der Waals surface area contributed by atoms with E-state index in [1.54, 1.807) is 38.4 Å². The SMILES string of the molecule is C=CCN(CC(=O)N1CCc2sccc2C1COc1cccc(OC)c1)CC(C)(C)O. The van der Waals surface area contributed by atoms with Gasteiger partial charge in [0, 0.05) is 30.6 Å². The van der Waals surface area contributed by atoms with Crippen molar-refractivity contribution in [3.05, 3.63) is 58.8 Å². The first-order chi connectivity index (χ1) is 14.8. The lowest BCUT2D eigenvalue weighted by molar-refractivity contribution is -0.136. The second-order valence-electron chi connectivity index (χ2n) is 8.41. The van der Waals surface area contributed by atoms with Gasteiger partial charge in [0.25, 0.3) is 0 Å². The Kier molecular flexibility index (Phi) is 7.75. The van der Waals surface area contributed by atoms with Gasteiger partial charge in [-0.2, -0.15) is 0 Å². The Morgan fingerprint density at radius 2 is 2.16 bits per heavy atom. The van der Waals surface area contributed by atoms with Gasteiger partial charge in [0.1, 0.15) is 18.1 Å². The number of hydrogen-bond donors (Lipinski definition) is 1. The molecule has 2 heterocycles. The van der Waals surface area contributed by atoms with Crippen molar-refractivity contribution in [1.82, 2.24) is 9.80 Å². The van der Waals surface area contributed by atoms with Gasteiger partial charge in [-0.25, -0.2) is 0 Å². The monoisotopic (exact) mass is 444 g/mol. The lowest BCUT2D eigenvalue weighted by Crippen LogP contribution is -2.49. The van der Waals surface area contributed by atoms with Gasteiger partial charge >= 0.3 is 0 Å². The number of benzene rings is 1. The summed E-state index contributed by atoms with van der Waals surface area (Å²) in [6, 6.07) is 9.44. The first kappa shape index (κ1) is 23.3. The van der Waals surface area contributed by atoms with Crippen LogP contribution in [0.3, 0.4) is 0 Å². The number of rotatable bonds is 10. The number of fused-ring (bicyclic) bond motifs is 1. The van der Waals surface area contributed by atoms with Crippen molar-refractivity contribution in [2.45, 2.75) is 31.9 Å². The fourth-order valence-electron chi connectivity index (χ4n) is 3.94. The van der Waals surface area contributed by atoms with Gasteiger partial charge in [0.2, 0.25) is 5.91 Å². The van der Waals surface area contributed by atoms with E-state index in [9.17, 15) is 9.90 Å². The Bertz CT molecular complexity index is 890. The minimum Gasteiger partial charge on any atom is -0.497 e. The highest BCUT2D eigenvalue weighted by Crippen LogP contribution is 2.34. The molecule has 1 aliphatic heterocycles. The van der Waals surface area contributed by atoms with Gasteiger partial charge in [0.15, 0.2) is 0 Å². The van der Waals surface area contributed by atoms with Gasteiger partial charge in [-0.15, -0.1) is 17.9 Å². The molecule has 7 heteroatoms. The van der Waals surface area contributed by atoms with Gasteiger partial charge < -0.3 is 19.5 Å². The van der Waals surface area contributed by atoms with Crippen LogP contribution in [0, 0.1) is 0 Å². The van der Waals surface area contributed by atoms with Gasteiger partial charge in [-0.1, -0.05) is 12.1 Å². The minimum atomic E-state index is -0.888. The summed E-state index contributed by atoms with van der Waals surface area (Å²) in [6.07, 6.45) is 2.61. The molecule has 3 rings (SSSR count). The van der Waals surface area contributed by atoms with Crippen molar-refractivity contribution < 1.29 is 19.4 Å². The topological polar surface area (TPSA) is 62.2 Å². The molecular weight excluding hydrogens is 412 g/mol. The zero-order valence-electron chi connectivity index (χ0n) is 18.5. The summed E-state index contributed by atoms with van der Waals surface area (Å²) in [5, 5.41) is 12.3. The second kappa shape index (κ2) is 10.3. The number of aliphatic hydroxyl groups is 1. The molecule has 1 aromatic carbocycles. The van der Waals surface area contributed by atoms with Crippen LogP contribution >= 0.6 is 11.3 Å². The van der Waals surface area contributed by atoms with E-state index >= 15 is 0 Å². The predicted molar refractivity (Wildman–Crippen MR) is 124 cm³/mol. The minimum absolute atomic E-state index is 0.0298. The van der Waals surface area contributed by atoms with Crippen LogP contribution in [0.5, 0.6) is 11.5 Å². The number of hydrogen-bond acceptors (Lipinski definition) is 6. The molecule has 0 bridgehead atoms. The molecule has 1 atom stereocenters. The summed E-state index contributed by atoms with van der Waals surface area (Å²) < 4.78 is 11.4. The molecule has 1 aromatic heterocycles. The molecule has 1 N–H and O–H groups in total. The average molecular weight is 445 g/mol. The summed E-state index contributed by atoms with van der Waals surface area (Å²) in [7, 11) is 1.63. The fraction of sp³-hybridized carbons (Fsp3) is 0.458. The standard InChI is InChI=1S/C24H32N2O4S/c1-5-11-25(17-24(2,3)28)15-23(27)26-12-9-22-20(10-13-31-22)21(26)16-30-19-8-6-7-18(14-19)29-4/h5-8,10,13-14,21,28H,1,9,11-12,15-17H2,2-4H3. The molecule has 1 aliphatic rings. The van der Waals surface area contributed by atoms with E-state index in [1.165, 1.54) is 4.88 Å². The molecule has 168 valence electrons. The summed E-state index contributed by atoms with van der Waals surface area (Å²) in [6.45, 7) is 9.47. The largest absolute Gasteiger partial charge is 0.497 e. The quantitative estimate of drug-likeness (QED) is 0.568. The molecule has 31 heavy (non-hydrogen) atoms. The number of carbonyl (C=O) groups excluding carboxylic acids is 1. The predicted octanol–water partition coefficient (Wildman–Crippen LogP) is 3.52. The normalized spacial score (nSPS) is 16.2. The van der Waals surface area contributed by atoms with Crippen LogP contribution in [0.25, 0.3) is 0 Å². The van der Waals surface area contributed by atoms with Crippen LogP contribution in [-0.2, 0) is 11.2 Å². The summed E-state index contributed by atoms with van der Waals surface area (Å²) >= 11 is 1.73. The van der Waals surface area contributed by atoms with Crippen molar-refractivity contribution in [2.24, 2.45) is 0 Å². The van der Waals surface area contributed by atoms with Crippen LogP contribution in [-0.4, -0.2) is 66.3 Å². The van der Waals surface area contributed by atoms with E-state index in [-0.39, 0.29) is 18.5 Å². The Morgan fingerprint density at radius 1 is 1.39 bits per heavy atom. The van der Waals surface area contributed by atoms with Crippen molar-refractivity contribution >= 4 is 17.2 Å². The molecule has 0 spiro atoms. The third-order valence-electron chi connectivity index (χ3n) is 5.22. The van der Waals surface area contributed by atoms with Crippen LogP contribution in [0.1, 0.15) is 30.3 Å². The van der Waals surface area contributed by atoms with Crippen molar-refractivity contribution in [3.63, 3.8) is 0 Å². The Labute approximate surface area is 188 Å². The highest BCUT2D eigenvalue weighted by molar-refractivity contribution is 7.10. The molecule has 6 nitrogen and oxygen atoms in total. The highest BCUT2D eigenvalue weighted by Gasteiger charge is 2.33. The van der Waals surface area contributed by atoms with E-state index < -0.39 is 5.60 Å². The third-order valence-corrected chi connectivity index (χ3v) is 6.22. The first-order valence-electron chi connectivity index (χ1n) is 10.5. The van der Waals surface area contributed by atoms with Crippen molar-refractivity contribution in [2.75, 3.05) is 39.9 Å². The second-order valence-corrected chi connectivity index (χ2v) is 9.41. The molecule has 2 aromatic rings. The number of amides is 1. The Morgan fingerprint density at radius 3 is 2.87 bits per heavy atom. The molecule has 0 radical (unpaired) electrons. The summed E-state index contributed by atoms with van der Waals surface area (Å²) in [5.41, 5.74) is 0.269. The molecule has 0 saturated heterocycles. The number of thiophene rings is 1. The third kappa shape index (κ3) is 6.32. The molecule has 1 amide bonds. The molecule has 0 aliphatic carbocycles. The number of methoxy groups -OCH3 is 1. The molecular formula is C24H32N2O4S. The zero-order valence-corrected chi connectivity index (χ0v) is 19.4. The van der Waals surface area contributed by atoms with Gasteiger partial charge in [-0.05, 0) is 49.4 Å². The van der Waals surface area contributed by atoms with E-state index in [0.29, 0.717) is 32.0 Å². The lowest BCUT2D eigenvalue weighted by atomic mass is 10.00. The number of ether oxygens (including phenoxy) is 2. The molecule has 1 unspecified atom stereocenters. The maximum absolute atomic E-state index is 13.3. The average Bonchev–Trinajstić information content (AvgIpc) is 3.20. The van der Waals surface area contributed by atoms with E-state index in [4.69, 9.17) is 9.47 Å². The maximum Gasteiger partial charge on any atom is 0.237 e. The van der Waals surface area contributed by atoms with Crippen LogP contribution in [0.15, 0.2) is 48.4 Å². The van der Waals surface area contributed by atoms with Crippen LogP contribution < -0.4 is 9.47 Å². The van der Waals surface area contributed by atoms with Crippen molar-refractivity contribution in [1.29, 1.82) is 0 Å². The number of carbonyl (C=O) groups is 1. The molecule has 0 fully saturated rings. The summed E-state index contributed by atoms with van der Waals surface area (Å²) in [4.78, 5) is 18.5. The van der Waals surface area contributed by atoms with E-state index in [1.807, 2.05) is 34.1 Å². The lowest BCUT2D eigenvalue weighted by Gasteiger charge is -2.37. The highest BCUT2D eigenvalue weighted by atomic mass is 32.1. The zero-order chi connectivity index (χ0) is 22.4. The van der Waals surface area contributed by atoms with Crippen LogP contribution in [0.2, 0.25) is 0 Å². The van der Waals surface area contributed by atoms with E-state index in [0.717, 1.165) is 17.7 Å². The summed E-state index contributed by atoms with van der Waals surface area (Å²) in [5.74, 6) is 1.48. The van der Waals surface area contributed by atoms with Crippen LogP contribution in [0.4, 0.5) is 0 Å². The Balaban J connectivity index is 1.75. The van der Waals surface area contributed by atoms with Crippen molar-refractivity contribution in [3.8, 4) is 11.5 Å². The van der Waals surface area contributed by atoms with Gasteiger partial charge in [-0.3, -0.25) is 9.69 Å². The Hall–Kier alpha value is -2.35. The van der Waals surface area contributed by atoms with E-state index in [2.05, 4.69) is 18.0 Å².